The van der Waals surface area contributed by atoms with Crippen molar-refractivity contribution in [1.82, 2.24) is 24.7 Å². The summed E-state index contributed by atoms with van der Waals surface area (Å²) in [4.78, 5) is 4.35. The van der Waals surface area contributed by atoms with Gasteiger partial charge in [-0.05, 0) is 12.1 Å². The Balaban J connectivity index is 1.55. The van der Waals surface area contributed by atoms with Gasteiger partial charge in [0.2, 0.25) is 0 Å². The summed E-state index contributed by atoms with van der Waals surface area (Å²) in [5.41, 5.74) is 0.842. The monoisotopic (exact) mass is 340 g/mol. The van der Waals surface area contributed by atoms with E-state index in [9.17, 15) is 0 Å². The fraction of sp³-hybridized carbons (Fsp3) is 0.538. The van der Waals surface area contributed by atoms with Crippen molar-refractivity contribution < 1.29 is 4.74 Å². The van der Waals surface area contributed by atoms with Crippen molar-refractivity contribution >= 4 is 29.0 Å². The van der Waals surface area contributed by atoms with Crippen LogP contribution < -0.4 is 4.90 Å². The van der Waals surface area contributed by atoms with Gasteiger partial charge in [-0.25, -0.2) is 0 Å². The molecule has 0 amide bonds. The SMILES string of the molecule is CN(C[C@H]1CN(Cc2nnsc2Cl)CCO1)c1cccnn1. The van der Waals surface area contributed by atoms with E-state index in [0.717, 1.165) is 31.1 Å². The van der Waals surface area contributed by atoms with Crippen LogP contribution in [0.15, 0.2) is 18.3 Å². The van der Waals surface area contributed by atoms with Gasteiger partial charge in [0.15, 0.2) is 5.82 Å². The van der Waals surface area contributed by atoms with E-state index >= 15 is 0 Å². The molecule has 1 aliphatic rings. The second-order valence-electron chi connectivity index (χ2n) is 5.18. The molecule has 0 spiro atoms. The molecule has 9 heteroatoms. The minimum atomic E-state index is 0.117. The van der Waals surface area contributed by atoms with Crippen molar-refractivity contribution in [2.24, 2.45) is 0 Å². The van der Waals surface area contributed by atoms with Crippen molar-refractivity contribution in [1.29, 1.82) is 0 Å². The average Bonchev–Trinajstić information content (AvgIpc) is 2.94. The zero-order valence-electron chi connectivity index (χ0n) is 12.2. The Hall–Kier alpha value is -1.35. The number of likely N-dealkylation sites (N-methyl/N-ethyl adjacent to an activating group) is 1. The van der Waals surface area contributed by atoms with E-state index in [0.29, 0.717) is 17.5 Å². The lowest BCUT2D eigenvalue weighted by molar-refractivity contribution is -0.0268. The highest BCUT2D eigenvalue weighted by Gasteiger charge is 2.23. The zero-order chi connectivity index (χ0) is 15.4. The van der Waals surface area contributed by atoms with Crippen LogP contribution in [0.25, 0.3) is 0 Å². The topological polar surface area (TPSA) is 67.3 Å². The van der Waals surface area contributed by atoms with Crippen LogP contribution in [0, 0.1) is 0 Å². The maximum atomic E-state index is 6.07. The molecular weight excluding hydrogens is 324 g/mol. The molecule has 22 heavy (non-hydrogen) atoms. The molecule has 0 unspecified atom stereocenters. The highest BCUT2D eigenvalue weighted by molar-refractivity contribution is 7.10. The van der Waals surface area contributed by atoms with Crippen LogP contribution in [0.3, 0.4) is 0 Å². The average molecular weight is 341 g/mol. The highest BCUT2D eigenvalue weighted by Crippen LogP contribution is 2.20. The molecule has 1 saturated heterocycles. The first-order valence-electron chi connectivity index (χ1n) is 7.02. The summed E-state index contributed by atoms with van der Waals surface area (Å²) in [6.07, 6.45) is 1.79. The Morgan fingerprint density at radius 1 is 1.50 bits per heavy atom. The number of hydrogen-bond acceptors (Lipinski definition) is 8. The lowest BCUT2D eigenvalue weighted by Gasteiger charge is -2.34. The highest BCUT2D eigenvalue weighted by atomic mass is 35.5. The maximum Gasteiger partial charge on any atom is 0.151 e. The molecule has 0 N–H and O–H groups in total. The molecule has 0 radical (unpaired) electrons. The summed E-state index contributed by atoms with van der Waals surface area (Å²) in [6.45, 7) is 3.88. The van der Waals surface area contributed by atoms with Gasteiger partial charge in [0, 0.05) is 51.0 Å². The van der Waals surface area contributed by atoms with Crippen molar-refractivity contribution in [2.75, 3.05) is 38.2 Å². The summed E-state index contributed by atoms with van der Waals surface area (Å²) in [6, 6.07) is 3.82. The third kappa shape index (κ3) is 3.89. The maximum absolute atomic E-state index is 6.07. The molecule has 2 aromatic heterocycles. The van der Waals surface area contributed by atoms with Crippen LogP contribution >= 0.6 is 23.1 Å². The fourth-order valence-corrected chi connectivity index (χ4v) is 3.05. The van der Waals surface area contributed by atoms with Crippen molar-refractivity contribution in [3.63, 3.8) is 0 Å². The van der Waals surface area contributed by atoms with Gasteiger partial charge < -0.3 is 9.64 Å². The molecule has 3 rings (SSSR count). The van der Waals surface area contributed by atoms with Gasteiger partial charge in [-0.2, -0.15) is 5.10 Å². The van der Waals surface area contributed by atoms with Gasteiger partial charge in [0.05, 0.1) is 12.7 Å². The fourth-order valence-electron chi connectivity index (χ4n) is 2.43. The van der Waals surface area contributed by atoms with Gasteiger partial charge in [-0.15, -0.1) is 10.2 Å². The minimum Gasteiger partial charge on any atom is -0.374 e. The second kappa shape index (κ2) is 7.28. The van der Waals surface area contributed by atoms with Gasteiger partial charge in [0.25, 0.3) is 0 Å². The molecule has 0 bridgehead atoms. The summed E-state index contributed by atoms with van der Waals surface area (Å²) < 4.78 is 10.4. The zero-order valence-corrected chi connectivity index (χ0v) is 13.8. The smallest absolute Gasteiger partial charge is 0.151 e. The Morgan fingerprint density at radius 3 is 3.14 bits per heavy atom. The number of anilines is 1. The van der Waals surface area contributed by atoms with Crippen LogP contribution in [0.4, 0.5) is 5.82 Å². The summed E-state index contributed by atoms with van der Waals surface area (Å²) in [7, 11) is 1.99. The number of morpholine rings is 1. The van der Waals surface area contributed by atoms with Crippen molar-refractivity contribution in [3.05, 3.63) is 28.4 Å². The molecule has 2 aromatic rings. The van der Waals surface area contributed by atoms with Crippen molar-refractivity contribution in [2.45, 2.75) is 12.6 Å². The van der Waals surface area contributed by atoms with Crippen LogP contribution in [0.2, 0.25) is 4.34 Å². The molecule has 7 nitrogen and oxygen atoms in total. The first-order valence-corrected chi connectivity index (χ1v) is 8.17. The lowest BCUT2D eigenvalue weighted by atomic mass is 10.2. The number of halogens is 1. The van der Waals surface area contributed by atoms with Crippen LogP contribution in [0.5, 0.6) is 0 Å². The Labute approximate surface area is 138 Å². The third-order valence-corrected chi connectivity index (χ3v) is 4.52. The van der Waals surface area contributed by atoms with Gasteiger partial charge in [-0.3, -0.25) is 4.90 Å². The van der Waals surface area contributed by atoms with E-state index in [1.54, 1.807) is 6.20 Å². The Morgan fingerprint density at radius 2 is 2.41 bits per heavy atom. The largest absolute Gasteiger partial charge is 0.374 e. The summed E-state index contributed by atoms with van der Waals surface area (Å²) in [5.74, 6) is 0.843. The minimum absolute atomic E-state index is 0.117. The second-order valence-corrected chi connectivity index (χ2v) is 6.54. The Kier molecular flexibility index (Phi) is 5.14. The number of aromatic nitrogens is 4. The summed E-state index contributed by atoms with van der Waals surface area (Å²) in [5, 5.41) is 12.1. The quantitative estimate of drug-likeness (QED) is 0.813. The van der Waals surface area contributed by atoms with E-state index in [4.69, 9.17) is 16.3 Å². The molecule has 1 atom stereocenters. The number of rotatable bonds is 5. The number of nitrogens with zero attached hydrogens (tertiary/aromatic N) is 6. The first-order chi connectivity index (χ1) is 10.7. The van der Waals surface area contributed by atoms with Gasteiger partial charge >= 0.3 is 0 Å². The predicted molar refractivity (Wildman–Crippen MR) is 85.2 cm³/mol. The number of ether oxygens (including phenoxy) is 1. The lowest BCUT2D eigenvalue weighted by Crippen LogP contribution is -2.46. The van der Waals surface area contributed by atoms with Crippen LogP contribution in [-0.4, -0.2) is 64.1 Å². The van der Waals surface area contributed by atoms with Crippen LogP contribution in [-0.2, 0) is 11.3 Å². The van der Waals surface area contributed by atoms with Crippen LogP contribution in [0.1, 0.15) is 5.69 Å². The van der Waals surface area contributed by atoms with Gasteiger partial charge in [-0.1, -0.05) is 16.1 Å². The van der Waals surface area contributed by atoms with E-state index in [2.05, 4.69) is 29.6 Å². The molecule has 0 saturated carbocycles. The van der Waals surface area contributed by atoms with E-state index < -0.39 is 0 Å². The molecule has 118 valence electrons. The number of hydrogen-bond donors (Lipinski definition) is 0. The van der Waals surface area contributed by atoms with Crippen molar-refractivity contribution in [3.8, 4) is 0 Å². The Bertz CT molecular complexity index is 597. The van der Waals surface area contributed by atoms with E-state index in [1.165, 1.54) is 11.5 Å². The van der Waals surface area contributed by atoms with E-state index in [-0.39, 0.29) is 6.10 Å². The van der Waals surface area contributed by atoms with E-state index in [1.807, 2.05) is 19.2 Å². The third-order valence-electron chi connectivity index (χ3n) is 3.53. The first kappa shape index (κ1) is 15.5. The van der Waals surface area contributed by atoms with Gasteiger partial charge in [0.1, 0.15) is 10.0 Å². The predicted octanol–water partition coefficient (Wildman–Crippen LogP) is 1.32. The summed E-state index contributed by atoms with van der Waals surface area (Å²) >= 11 is 7.30. The normalized spacial score (nSPS) is 19.3. The molecular formula is C13H17ClN6OS. The molecule has 3 heterocycles. The molecule has 0 aromatic carbocycles. The standard InChI is InChI=1S/C13H17ClN6OS/c1-19(12-3-2-4-15-17-12)7-10-8-20(5-6-21-10)9-11-13(14)22-18-16-11/h2-4,10H,5-9H2,1H3/t10-/m0/s1. The molecule has 1 aliphatic heterocycles. The molecule has 1 fully saturated rings. The molecule has 0 aliphatic carbocycles.